The molecular weight excluding hydrogens is 260 g/mol. The third-order valence-corrected chi connectivity index (χ3v) is 2.48. The molecule has 0 amide bonds. The SMILES string of the molecule is CCOC(=O)Cc1cc(C#N)c(Cl)c([N+](=O)[O-])c1. The van der Waals surface area contributed by atoms with E-state index in [9.17, 15) is 14.9 Å². The van der Waals surface area contributed by atoms with Crippen LogP contribution in [0, 0.1) is 21.4 Å². The molecule has 0 bridgehead atoms. The van der Waals surface area contributed by atoms with Crippen LogP contribution in [-0.2, 0) is 16.0 Å². The lowest BCUT2D eigenvalue weighted by Gasteiger charge is -2.04. The number of halogens is 1. The van der Waals surface area contributed by atoms with Crippen molar-refractivity contribution in [2.24, 2.45) is 0 Å². The van der Waals surface area contributed by atoms with Gasteiger partial charge in [0.05, 0.1) is 23.5 Å². The second kappa shape index (κ2) is 5.98. The zero-order chi connectivity index (χ0) is 13.7. The molecule has 0 saturated carbocycles. The summed E-state index contributed by atoms with van der Waals surface area (Å²) in [7, 11) is 0. The summed E-state index contributed by atoms with van der Waals surface area (Å²) in [6.45, 7) is 1.88. The maximum Gasteiger partial charge on any atom is 0.310 e. The van der Waals surface area contributed by atoms with Gasteiger partial charge < -0.3 is 4.74 Å². The number of nitrogens with zero attached hydrogens (tertiary/aromatic N) is 2. The Labute approximate surface area is 108 Å². The fourth-order valence-electron chi connectivity index (χ4n) is 1.36. The zero-order valence-electron chi connectivity index (χ0n) is 9.47. The summed E-state index contributed by atoms with van der Waals surface area (Å²) >= 11 is 5.69. The Kier molecular flexibility index (Phi) is 4.63. The molecule has 0 N–H and O–H groups in total. The van der Waals surface area contributed by atoms with Gasteiger partial charge in [-0.1, -0.05) is 11.6 Å². The lowest BCUT2D eigenvalue weighted by atomic mass is 10.1. The smallest absolute Gasteiger partial charge is 0.310 e. The van der Waals surface area contributed by atoms with Crippen LogP contribution in [0.2, 0.25) is 5.02 Å². The highest BCUT2D eigenvalue weighted by Crippen LogP contribution is 2.29. The normalized spacial score (nSPS) is 9.61. The molecule has 0 aliphatic carbocycles. The van der Waals surface area contributed by atoms with Crippen LogP contribution in [0.5, 0.6) is 0 Å². The van der Waals surface area contributed by atoms with E-state index < -0.39 is 16.6 Å². The van der Waals surface area contributed by atoms with E-state index in [0.717, 1.165) is 0 Å². The van der Waals surface area contributed by atoms with Crippen molar-refractivity contribution < 1.29 is 14.5 Å². The number of nitro groups is 1. The van der Waals surface area contributed by atoms with Gasteiger partial charge in [0.2, 0.25) is 0 Å². The van der Waals surface area contributed by atoms with E-state index >= 15 is 0 Å². The third-order valence-electron chi connectivity index (χ3n) is 2.08. The van der Waals surface area contributed by atoms with Crippen molar-refractivity contribution in [1.29, 1.82) is 5.26 Å². The molecule has 0 aliphatic rings. The monoisotopic (exact) mass is 268 g/mol. The van der Waals surface area contributed by atoms with Gasteiger partial charge in [-0.05, 0) is 18.6 Å². The summed E-state index contributed by atoms with van der Waals surface area (Å²) in [5, 5.41) is 19.3. The quantitative estimate of drug-likeness (QED) is 0.474. The van der Waals surface area contributed by atoms with E-state index in [1.54, 1.807) is 13.0 Å². The van der Waals surface area contributed by atoms with Crippen molar-refractivity contribution >= 4 is 23.3 Å². The molecule has 94 valence electrons. The molecule has 6 nitrogen and oxygen atoms in total. The van der Waals surface area contributed by atoms with Crippen molar-refractivity contribution in [2.45, 2.75) is 13.3 Å². The summed E-state index contributed by atoms with van der Waals surface area (Å²) < 4.78 is 4.73. The van der Waals surface area contributed by atoms with Gasteiger partial charge in [-0.2, -0.15) is 5.26 Å². The summed E-state index contributed by atoms with van der Waals surface area (Å²) in [5.74, 6) is -0.516. The Morgan fingerprint density at radius 1 is 1.61 bits per heavy atom. The molecular formula is C11H9ClN2O4. The minimum Gasteiger partial charge on any atom is -0.466 e. The van der Waals surface area contributed by atoms with Crippen LogP contribution >= 0.6 is 11.6 Å². The Morgan fingerprint density at radius 2 is 2.28 bits per heavy atom. The largest absolute Gasteiger partial charge is 0.466 e. The van der Waals surface area contributed by atoms with Gasteiger partial charge in [0.1, 0.15) is 11.1 Å². The molecule has 0 spiro atoms. The number of carbonyl (C=O) groups excluding carboxylic acids is 1. The van der Waals surface area contributed by atoms with Crippen molar-refractivity contribution in [2.75, 3.05) is 6.61 Å². The number of hydrogen-bond donors (Lipinski definition) is 0. The molecule has 0 fully saturated rings. The summed E-state index contributed by atoms with van der Waals surface area (Å²) in [4.78, 5) is 21.3. The topological polar surface area (TPSA) is 93.2 Å². The number of nitro benzene ring substituents is 1. The van der Waals surface area contributed by atoms with E-state index in [2.05, 4.69) is 0 Å². The van der Waals surface area contributed by atoms with Crippen LogP contribution < -0.4 is 0 Å². The van der Waals surface area contributed by atoms with Crippen LogP contribution in [-0.4, -0.2) is 17.5 Å². The van der Waals surface area contributed by atoms with Crippen LogP contribution in [0.1, 0.15) is 18.1 Å². The maximum absolute atomic E-state index is 11.3. The van der Waals surface area contributed by atoms with Gasteiger partial charge >= 0.3 is 5.97 Å². The molecule has 0 aromatic heterocycles. The Balaban J connectivity index is 3.15. The zero-order valence-corrected chi connectivity index (χ0v) is 10.2. The molecule has 1 rings (SSSR count). The lowest BCUT2D eigenvalue weighted by molar-refractivity contribution is -0.384. The van der Waals surface area contributed by atoms with Crippen molar-refractivity contribution in [1.82, 2.24) is 0 Å². The fraction of sp³-hybridized carbons (Fsp3) is 0.273. The van der Waals surface area contributed by atoms with Gasteiger partial charge in [-0.15, -0.1) is 0 Å². The molecule has 18 heavy (non-hydrogen) atoms. The van der Waals surface area contributed by atoms with Crippen LogP contribution in [0.3, 0.4) is 0 Å². The Hall–Kier alpha value is -2.13. The van der Waals surface area contributed by atoms with Gasteiger partial charge in [0.25, 0.3) is 5.69 Å². The molecule has 1 aromatic rings. The summed E-state index contributed by atoms with van der Waals surface area (Å²) in [6.07, 6.45) is -0.138. The van der Waals surface area contributed by atoms with E-state index in [1.807, 2.05) is 0 Å². The molecule has 7 heteroatoms. The maximum atomic E-state index is 11.3. The summed E-state index contributed by atoms with van der Waals surface area (Å²) in [5.41, 5.74) is -0.110. The van der Waals surface area contributed by atoms with Gasteiger partial charge in [0.15, 0.2) is 0 Å². The minimum absolute atomic E-state index is 0.0369. The predicted molar refractivity (Wildman–Crippen MR) is 63.2 cm³/mol. The average Bonchev–Trinajstić information content (AvgIpc) is 2.31. The van der Waals surface area contributed by atoms with E-state index in [-0.39, 0.29) is 23.6 Å². The van der Waals surface area contributed by atoms with E-state index in [0.29, 0.717) is 5.56 Å². The second-order valence-electron chi connectivity index (χ2n) is 3.33. The van der Waals surface area contributed by atoms with Crippen molar-refractivity contribution in [3.05, 3.63) is 38.4 Å². The molecule has 0 unspecified atom stereocenters. The van der Waals surface area contributed by atoms with Gasteiger partial charge in [0, 0.05) is 6.07 Å². The van der Waals surface area contributed by atoms with Crippen LogP contribution in [0.4, 0.5) is 5.69 Å². The summed E-state index contributed by atoms with van der Waals surface area (Å²) in [6, 6.07) is 4.25. The Morgan fingerprint density at radius 3 is 2.78 bits per heavy atom. The first-order valence-electron chi connectivity index (χ1n) is 5.02. The highest BCUT2D eigenvalue weighted by atomic mass is 35.5. The number of benzene rings is 1. The van der Waals surface area contributed by atoms with Crippen LogP contribution in [0.15, 0.2) is 12.1 Å². The first kappa shape index (κ1) is 13.9. The molecule has 0 radical (unpaired) electrons. The highest BCUT2D eigenvalue weighted by Gasteiger charge is 2.19. The molecule has 0 heterocycles. The second-order valence-corrected chi connectivity index (χ2v) is 3.71. The first-order chi connectivity index (χ1) is 8.49. The van der Waals surface area contributed by atoms with E-state index in [1.165, 1.54) is 12.1 Å². The third kappa shape index (κ3) is 3.18. The number of esters is 1. The van der Waals surface area contributed by atoms with E-state index in [4.69, 9.17) is 21.6 Å². The number of nitriles is 1. The average molecular weight is 269 g/mol. The number of hydrogen-bond acceptors (Lipinski definition) is 5. The van der Waals surface area contributed by atoms with Crippen molar-refractivity contribution in [3.63, 3.8) is 0 Å². The number of rotatable bonds is 4. The molecule has 1 aromatic carbocycles. The Bertz CT molecular complexity index is 537. The van der Waals surface area contributed by atoms with Gasteiger partial charge in [-0.25, -0.2) is 0 Å². The standard InChI is InChI=1S/C11H9ClN2O4/c1-2-18-10(15)5-7-3-8(6-13)11(12)9(4-7)14(16)17/h3-4H,2,5H2,1H3. The van der Waals surface area contributed by atoms with Crippen molar-refractivity contribution in [3.8, 4) is 6.07 Å². The van der Waals surface area contributed by atoms with Gasteiger partial charge in [-0.3, -0.25) is 14.9 Å². The molecule has 0 atom stereocenters. The first-order valence-corrected chi connectivity index (χ1v) is 5.40. The number of carbonyl (C=O) groups is 1. The fourth-order valence-corrected chi connectivity index (χ4v) is 1.58. The predicted octanol–water partition coefficient (Wildman–Crippen LogP) is 2.23. The molecule has 0 saturated heterocycles. The molecule has 0 aliphatic heterocycles. The van der Waals surface area contributed by atoms with Crippen LogP contribution in [0.25, 0.3) is 0 Å². The highest BCUT2D eigenvalue weighted by molar-refractivity contribution is 6.33. The lowest BCUT2D eigenvalue weighted by Crippen LogP contribution is -2.08. The minimum atomic E-state index is -0.697. The number of ether oxygens (including phenoxy) is 1.